The highest BCUT2D eigenvalue weighted by Gasteiger charge is 2.08. The van der Waals surface area contributed by atoms with Crippen molar-refractivity contribution >= 4 is 11.9 Å². The monoisotopic (exact) mass is 225 g/mol. The fourth-order valence-electron chi connectivity index (χ4n) is 1.18. The van der Waals surface area contributed by atoms with Gasteiger partial charge in [0.25, 0.3) is 0 Å². The van der Waals surface area contributed by atoms with Gasteiger partial charge in [0.1, 0.15) is 0 Å². The van der Waals surface area contributed by atoms with Crippen LogP contribution in [0.2, 0.25) is 0 Å². The van der Waals surface area contributed by atoms with Gasteiger partial charge in [-0.2, -0.15) is 0 Å². The lowest BCUT2D eigenvalue weighted by molar-refractivity contribution is 0.410. The first-order chi connectivity index (χ1) is 7.11. The average molecular weight is 225 g/mol. The first-order valence-corrected chi connectivity index (χ1v) is 6.28. The molecule has 2 heteroatoms. The molecule has 0 aromatic rings. The Morgan fingerprint density at radius 2 is 2.13 bits per heavy atom. The molecule has 1 nitrogen and oxygen atoms in total. The van der Waals surface area contributed by atoms with Gasteiger partial charge in [-0.1, -0.05) is 38.2 Å². The van der Waals surface area contributed by atoms with Crippen molar-refractivity contribution in [3.8, 4) is 0 Å². The number of rotatable bonds is 7. The molecular weight excluding hydrogens is 202 g/mol. The highest BCUT2D eigenvalue weighted by atomic mass is 32.2. The van der Waals surface area contributed by atoms with Crippen LogP contribution in [-0.4, -0.2) is 17.4 Å². The summed E-state index contributed by atoms with van der Waals surface area (Å²) in [4.78, 5) is 1.08. The Labute approximate surface area is 99.1 Å². The van der Waals surface area contributed by atoms with Crippen LogP contribution < -0.4 is 0 Å². The SMILES string of the molecule is C=C(/C=C\C=C/C)SN(C)C(C)CCC. The summed E-state index contributed by atoms with van der Waals surface area (Å²) in [5.41, 5.74) is 0. The lowest BCUT2D eigenvalue weighted by Gasteiger charge is -2.22. The maximum Gasteiger partial charge on any atom is 0.0174 e. The number of hydrogen-bond acceptors (Lipinski definition) is 2. The predicted octanol–water partition coefficient (Wildman–Crippen LogP) is 4.40. The lowest BCUT2D eigenvalue weighted by Crippen LogP contribution is -2.21. The summed E-state index contributed by atoms with van der Waals surface area (Å²) >= 11 is 1.72. The fraction of sp³-hybridized carbons (Fsp3) is 0.538. The zero-order valence-electron chi connectivity index (χ0n) is 10.4. The first-order valence-electron chi connectivity index (χ1n) is 5.50. The van der Waals surface area contributed by atoms with E-state index in [0.29, 0.717) is 6.04 Å². The smallest absolute Gasteiger partial charge is 0.0174 e. The minimum absolute atomic E-state index is 0.604. The molecule has 1 unspecified atom stereocenters. The highest BCUT2D eigenvalue weighted by molar-refractivity contribution is 8.01. The second kappa shape index (κ2) is 8.81. The molecule has 0 fully saturated rings. The Bertz CT molecular complexity index is 231. The molecule has 1 atom stereocenters. The average Bonchev–Trinajstić information content (AvgIpc) is 2.18. The van der Waals surface area contributed by atoms with E-state index in [0.717, 1.165) is 4.91 Å². The summed E-state index contributed by atoms with van der Waals surface area (Å²) in [6.07, 6.45) is 10.6. The largest absolute Gasteiger partial charge is 0.247 e. The summed E-state index contributed by atoms with van der Waals surface area (Å²) in [5, 5.41) is 0. The zero-order valence-corrected chi connectivity index (χ0v) is 11.2. The van der Waals surface area contributed by atoms with Crippen LogP contribution in [0.1, 0.15) is 33.6 Å². The van der Waals surface area contributed by atoms with Gasteiger partial charge in [0.15, 0.2) is 0 Å². The van der Waals surface area contributed by atoms with Gasteiger partial charge in [-0.15, -0.1) is 0 Å². The van der Waals surface area contributed by atoms with Gasteiger partial charge in [-0.3, -0.25) is 0 Å². The fourth-order valence-corrected chi connectivity index (χ4v) is 1.97. The lowest BCUT2D eigenvalue weighted by atomic mass is 10.2. The Balaban J connectivity index is 3.95. The molecule has 0 saturated carbocycles. The molecule has 0 aliphatic carbocycles. The van der Waals surface area contributed by atoms with Gasteiger partial charge >= 0.3 is 0 Å². The molecule has 0 aromatic heterocycles. The molecule has 0 aliphatic rings. The van der Waals surface area contributed by atoms with Crippen LogP contribution in [0.15, 0.2) is 35.8 Å². The Morgan fingerprint density at radius 1 is 1.47 bits per heavy atom. The predicted molar refractivity (Wildman–Crippen MR) is 72.8 cm³/mol. The van der Waals surface area contributed by atoms with Crippen LogP contribution in [0.4, 0.5) is 0 Å². The summed E-state index contributed by atoms with van der Waals surface area (Å²) < 4.78 is 2.27. The second-order valence-corrected chi connectivity index (χ2v) is 4.91. The van der Waals surface area contributed by atoms with Crippen LogP contribution in [0.5, 0.6) is 0 Å². The van der Waals surface area contributed by atoms with Gasteiger partial charge in [-0.25, -0.2) is 4.31 Å². The van der Waals surface area contributed by atoms with Gasteiger partial charge in [0.05, 0.1) is 0 Å². The standard InChI is InChI=1S/C13H23NS/c1-6-8-9-11-13(4)15-14(5)12(3)10-7-2/h6,8-9,11-12H,4,7,10H2,1-3,5H3/b8-6-,11-9-. The van der Waals surface area contributed by atoms with Crippen LogP contribution in [0.3, 0.4) is 0 Å². The summed E-state index contributed by atoms with van der Waals surface area (Å²) in [6, 6.07) is 0.604. The molecule has 0 radical (unpaired) electrons. The van der Waals surface area contributed by atoms with Crippen molar-refractivity contribution in [2.75, 3.05) is 7.05 Å². The van der Waals surface area contributed by atoms with Crippen LogP contribution in [0, 0.1) is 0 Å². The Morgan fingerprint density at radius 3 is 2.67 bits per heavy atom. The minimum Gasteiger partial charge on any atom is -0.247 e. The van der Waals surface area contributed by atoms with Crippen molar-refractivity contribution in [3.63, 3.8) is 0 Å². The molecule has 0 N–H and O–H groups in total. The molecule has 15 heavy (non-hydrogen) atoms. The molecular formula is C13H23NS. The van der Waals surface area contributed by atoms with Gasteiger partial charge in [-0.05, 0) is 45.3 Å². The van der Waals surface area contributed by atoms with Gasteiger partial charge in [0, 0.05) is 10.9 Å². The van der Waals surface area contributed by atoms with Crippen molar-refractivity contribution in [2.45, 2.75) is 39.7 Å². The zero-order chi connectivity index (χ0) is 11.7. The van der Waals surface area contributed by atoms with E-state index in [1.165, 1.54) is 12.8 Å². The normalized spacial score (nSPS) is 14.2. The summed E-state index contributed by atoms with van der Waals surface area (Å²) in [6.45, 7) is 10.5. The van der Waals surface area contributed by atoms with E-state index in [1.807, 2.05) is 31.2 Å². The van der Waals surface area contributed by atoms with Crippen molar-refractivity contribution in [2.24, 2.45) is 0 Å². The Kier molecular flexibility index (Phi) is 8.53. The van der Waals surface area contributed by atoms with E-state index in [1.54, 1.807) is 11.9 Å². The van der Waals surface area contributed by atoms with Crippen molar-refractivity contribution in [3.05, 3.63) is 35.8 Å². The van der Waals surface area contributed by atoms with Crippen LogP contribution in [-0.2, 0) is 0 Å². The molecule has 0 aromatic carbocycles. The van der Waals surface area contributed by atoms with Crippen molar-refractivity contribution < 1.29 is 0 Å². The Hall–Kier alpha value is -0.470. The molecule has 0 bridgehead atoms. The van der Waals surface area contributed by atoms with E-state index in [2.05, 4.69) is 31.8 Å². The van der Waals surface area contributed by atoms with E-state index in [9.17, 15) is 0 Å². The molecule has 86 valence electrons. The van der Waals surface area contributed by atoms with E-state index in [4.69, 9.17) is 0 Å². The quantitative estimate of drug-likeness (QED) is 0.466. The molecule has 0 spiro atoms. The number of allylic oxidation sites excluding steroid dienone is 4. The molecule has 0 amide bonds. The third-order valence-corrected chi connectivity index (χ3v) is 3.19. The third kappa shape index (κ3) is 7.46. The minimum atomic E-state index is 0.604. The number of nitrogens with zero attached hydrogens (tertiary/aromatic N) is 1. The van der Waals surface area contributed by atoms with Crippen molar-refractivity contribution in [1.29, 1.82) is 0 Å². The summed E-state index contributed by atoms with van der Waals surface area (Å²) in [7, 11) is 2.12. The van der Waals surface area contributed by atoms with Crippen LogP contribution >= 0.6 is 11.9 Å². The molecule has 0 heterocycles. The second-order valence-electron chi connectivity index (χ2n) is 3.63. The third-order valence-electron chi connectivity index (χ3n) is 2.17. The maximum absolute atomic E-state index is 4.01. The highest BCUT2D eigenvalue weighted by Crippen LogP contribution is 2.22. The van der Waals surface area contributed by atoms with E-state index < -0.39 is 0 Å². The van der Waals surface area contributed by atoms with Crippen LogP contribution in [0.25, 0.3) is 0 Å². The molecule has 0 rings (SSSR count). The van der Waals surface area contributed by atoms with E-state index in [-0.39, 0.29) is 0 Å². The molecule has 0 saturated heterocycles. The number of hydrogen-bond donors (Lipinski definition) is 0. The maximum atomic E-state index is 4.01. The first kappa shape index (κ1) is 14.5. The molecule has 0 aliphatic heterocycles. The van der Waals surface area contributed by atoms with Crippen molar-refractivity contribution in [1.82, 2.24) is 4.31 Å². The van der Waals surface area contributed by atoms with E-state index >= 15 is 0 Å². The van der Waals surface area contributed by atoms with Gasteiger partial charge in [0.2, 0.25) is 0 Å². The topological polar surface area (TPSA) is 3.24 Å². The van der Waals surface area contributed by atoms with Gasteiger partial charge < -0.3 is 0 Å². The summed E-state index contributed by atoms with van der Waals surface area (Å²) in [5.74, 6) is 0.